The zero-order chi connectivity index (χ0) is 20.3. The molecule has 1 aromatic carbocycles. The highest BCUT2D eigenvalue weighted by atomic mass is 16.5. The largest absolute Gasteiger partial charge is 0.464 e. The predicted molar refractivity (Wildman–Crippen MR) is 108 cm³/mol. The van der Waals surface area contributed by atoms with E-state index in [1.807, 2.05) is 56.1 Å². The number of aromatic nitrogens is 1. The van der Waals surface area contributed by atoms with E-state index in [0.29, 0.717) is 18.5 Å². The van der Waals surface area contributed by atoms with Crippen LogP contribution in [-0.2, 0) is 22.4 Å². The molecule has 0 radical (unpaired) electrons. The molecule has 1 N–H and O–H groups in total. The minimum Gasteiger partial charge on any atom is -0.464 e. The van der Waals surface area contributed by atoms with Crippen molar-refractivity contribution in [3.63, 3.8) is 0 Å². The van der Waals surface area contributed by atoms with Crippen LogP contribution in [-0.4, -0.2) is 42.1 Å². The first kappa shape index (κ1) is 19.9. The van der Waals surface area contributed by atoms with Crippen LogP contribution in [0.15, 0.2) is 42.6 Å². The number of nitrogens with one attached hydrogen (secondary N) is 1. The van der Waals surface area contributed by atoms with Gasteiger partial charge in [-0.25, -0.2) is 9.78 Å². The molecule has 0 saturated heterocycles. The Morgan fingerprint density at radius 3 is 2.39 bits per heavy atom. The molecule has 0 fully saturated rings. The summed E-state index contributed by atoms with van der Waals surface area (Å²) in [7, 11) is 1.92. The first-order chi connectivity index (χ1) is 13.4. The van der Waals surface area contributed by atoms with Crippen molar-refractivity contribution < 1.29 is 14.3 Å². The van der Waals surface area contributed by atoms with Gasteiger partial charge in [0.1, 0.15) is 5.54 Å². The Kier molecular flexibility index (Phi) is 5.68. The second kappa shape index (κ2) is 8.00. The number of pyridine rings is 1. The van der Waals surface area contributed by atoms with Gasteiger partial charge in [-0.2, -0.15) is 0 Å². The molecule has 0 saturated carbocycles. The summed E-state index contributed by atoms with van der Waals surface area (Å²) in [6, 6.07) is 11.7. The number of anilines is 1. The third kappa shape index (κ3) is 3.72. The first-order valence-corrected chi connectivity index (χ1v) is 9.62. The van der Waals surface area contributed by atoms with Crippen molar-refractivity contribution >= 4 is 17.6 Å². The Morgan fingerprint density at radius 1 is 1.18 bits per heavy atom. The van der Waals surface area contributed by atoms with Gasteiger partial charge in [-0.1, -0.05) is 24.3 Å². The molecule has 1 aliphatic carbocycles. The van der Waals surface area contributed by atoms with Gasteiger partial charge < -0.3 is 15.0 Å². The molecule has 148 valence electrons. The molecule has 6 nitrogen and oxygen atoms in total. The standard InChI is InChI=1S/C22H27N3O3/c1-5-28-21(27)22(13-16-9-6-7-10-17(16)14-22)24-20(26)19-18(11-8-12-23-19)25(4)15(2)3/h6-12,15H,5,13-14H2,1-4H3,(H,24,26). The van der Waals surface area contributed by atoms with E-state index in [1.54, 1.807) is 19.2 Å². The fraction of sp³-hybridized carbons (Fsp3) is 0.409. The van der Waals surface area contributed by atoms with Crippen LogP contribution in [0.3, 0.4) is 0 Å². The Hall–Kier alpha value is -2.89. The number of esters is 1. The van der Waals surface area contributed by atoms with E-state index in [-0.39, 0.29) is 18.6 Å². The lowest BCUT2D eigenvalue weighted by Crippen LogP contribution is -2.56. The number of ether oxygens (including phenoxy) is 1. The van der Waals surface area contributed by atoms with Crippen LogP contribution in [0.25, 0.3) is 0 Å². The summed E-state index contributed by atoms with van der Waals surface area (Å²) in [6.45, 7) is 6.12. The maximum absolute atomic E-state index is 13.2. The third-order valence-corrected chi connectivity index (χ3v) is 5.28. The minimum atomic E-state index is -1.11. The lowest BCUT2D eigenvalue weighted by atomic mass is 9.95. The Balaban J connectivity index is 1.93. The fourth-order valence-electron chi connectivity index (χ4n) is 3.58. The van der Waals surface area contributed by atoms with Crippen molar-refractivity contribution in [2.24, 2.45) is 0 Å². The van der Waals surface area contributed by atoms with E-state index in [2.05, 4.69) is 10.3 Å². The van der Waals surface area contributed by atoms with Crippen LogP contribution >= 0.6 is 0 Å². The molecule has 1 aliphatic rings. The first-order valence-electron chi connectivity index (χ1n) is 9.62. The number of rotatable bonds is 6. The molecule has 2 aromatic rings. The van der Waals surface area contributed by atoms with Gasteiger partial charge in [0.15, 0.2) is 5.69 Å². The fourth-order valence-corrected chi connectivity index (χ4v) is 3.58. The average molecular weight is 381 g/mol. The number of nitrogens with zero attached hydrogens (tertiary/aromatic N) is 2. The van der Waals surface area contributed by atoms with Gasteiger partial charge in [-0.3, -0.25) is 4.79 Å². The van der Waals surface area contributed by atoms with Crippen LogP contribution in [0.5, 0.6) is 0 Å². The van der Waals surface area contributed by atoms with E-state index in [1.165, 1.54) is 0 Å². The lowest BCUT2D eigenvalue weighted by Gasteiger charge is -2.29. The molecule has 6 heteroatoms. The van der Waals surface area contributed by atoms with Crippen LogP contribution < -0.4 is 10.2 Å². The monoisotopic (exact) mass is 381 g/mol. The Bertz CT molecular complexity index is 854. The number of carbonyl (C=O) groups is 2. The summed E-state index contributed by atoms with van der Waals surface area (Å²) in [4.78, 5) is 32.4. The zero-order valence-electron chi connectivity index (χ0n) is 16.9. The number of benzene rings is 1. The summed E-state index contributed by atoms with van der Waals surface area (Å²) < 4.78 is 5.33. The highest BCUT2D eigenvalue weighted by Crippen LogP contribution is 2.32. The van der Waals surface area contributed by atoms with Crippen LogP contribution in [0.1, 0.15) is 42.4 Å². The Labute approximate surface area is 165 Å². The molecular weight excluding hydrogens is 354 g/mol. The Morgan fingerprint density at radius 2 is 1.82 bits per heavy atom. The van der Waals surface area contributed by atoms with Gasteiger partial charge in [-0.15, -0.1) is 0 Å². The molecule has 1 heterocycles. The third-order valence-electron chi connectivity index (χ3n) is 5.28. The minimum absolute atomic E-state index is 0.200. The van der Waals surface area contributed by atoms with Crippen LogP contribution in [0.4, 0.5) is 5.69 Å². The molecule has 0 unspecified atom stereocenters. The molecule has 28 heavy (non-hydrogen) atoms. The lowest BCUT2D eigenvalue weighted by molar-refractivity contribution is -0.150. The molecular formula is C22H27N3O3. The number of amides is 1. The van der Waals surface area contributed by atoms with Gasteiger partial charge in [0, 0.05) is 32.1 Å². The van der Waals surface area contributed by atoms with Crippen molar-refractivity contribution in [3.8, 4) is 0 Å². The number of fused-ring (bicyclic) bond motifs is 1. The van der Waals surface area contributed by atoms with Crippen molar-refractivity contribution in [1.82, 2.24) is 10.3 Å². The summed E-state index contributed by atoms with van der Waals surface area (Å²) in [5.41, 5.74) is 2.03. The van der Waals surface area contributed by atoms with E-state index in [0.717, 1.165) is 16.8 Å². The highest BCUT2D eigenvalue weighted by molar-refractivity contribution is 6.01. The van der Waals surface area contributed by atoms with Gasteiger partial charge in [0.25, 0.3) is 5.91 Å². The smallest absolute Gasteiger partial charge is 0.332 e. The average Bonchev–Trinajstić information content (AvgIpc) is 3.06. The van der Waals surface area contributed by atoms with Crippen molar-refractivity contribution in [2.45, 2.75) is 45.2 Å². The van der Waals surface area contributed by atoms with Gasteiger partial charge in [0.2, 0.25) is 0 Å². The van der Waals surface area contributed by atoms with Crippen LogP contribution in [0.2, 0.25) is 0 Å². The summed E-state index contributed by atoms with van der Waals surface area (Å²) in [6.07, 6.45) is 2.42. The van der Waals surface area contributed by atoms with E-state index < -0.39 is 11.5 Å². The second-order valence-electron chi connectivity index (χ2n) is 7.45. The van der Waals surface area contributed by atoms with E-state index >= 15 is 0 Å². The number of hydrogen-bond acceptors (Lipinski definition) is 5. The highest BCUT2D eigenvalue weighted by Gasteiger charge is 2.47. The van der Waals surface area contributed by atoms with E-state index in [9.17, 15) is 9.59 Å². The molecule has 0 aliphatic heterocycles. The van der Waals surface area contributed by atoms with Gasteiger partial charge in [-0.05, 0) is 44.0 Å². The van der Waals surface area contributed by atoms with E-state index in [4.69, 9.17) is 4.74 Å². The molecule has 1 aromatic heterocycles. The quantitative estimate of drug-likeness (QED) is 0.779. The summed E-state index contributed by atoms with van der Waals surface area (Å²) in [5.74, 6) is -0.779. The number of carbonyl (C=O) groups excluding carboxylic acids is 2. The predicted octanol–water partition coefficient (Wildman–Crippen LogP) is 2.76. The molecule has 3 rings (SSSR count). The normalized spacial score (nSPS) is 14.5. The topological polar surface area (TPSA) is 71.5 Å². The zero-order valence-corrected chi connectivity index (χ0v) is 16.9. The van der Waals surface area contributed by atoms with Gasteiger partial charge in [0.05, 0.1) is 12.3 Å². The van der Waals surface area contributed by atoms with Crippen molar-refractivity contribution in [3.05, 3.63) is 59.4 Å². The maximum Gasteiger partial charge on any atom is 0.332 e. The summed E-state index contributed by atoms with van der Waals surface area (Å²) >= 11 is 0. The molecule has 0 atom stereocenters. The number of hydrogen-bond donors (Lipinski definition) is 1. The molecule has 0 bridgehead atoms. The molecule has 0 spiro atoms. The van der Waals surface area contributed by atoms with Crippen molar-refractivity contribution in [1.29, 1.82) is 0 Å². The second-order valence-corrected chi connectivity index (χ2v) is 7.45. The SMILES string of the molecule is CCOC(=O)C1(NC(=O)c2ncccc2N(C)C(C)C)Cc2ccccc2C1. The maximum atomic E-state index is 13.2. The summed E-state index contributed by atoms with van der Waals surface area (Å²) in [5, 5.41) is 2.97. The van der Waals surface area contributed by atoms with Crippen molar-refractivity contribution in [2.75, 3.05) is 18.6 Å². The molecule has 1 amide bonds. The van der Waals surface area contributed by atoms with Crippen LogP contribution in [0, 0.1) is 0 Å². The van der Waals surface area contributed by atoms with Gasteiger partial charge >= 0.3 is 5.97 Å².